The Morgan fingerprint density at radius 1 is 0.761 bits per heavy atom. The van der Waals surface area contributed by atoms with Crippen LogP contribution in [-0.4, -0.2) is 65.9 Å². The van der Waals surface area contributed by atoms with E-state index >= 15 is 9.59 Å². The molecule has 10 aliphatic rings. The quantitative estimate of drug-likeness (QED) is 0.0576. The van der Waals surface area contributed by atoms with Gasteiger partial charge in [0.15, 0.2) is 17.8 Å². The summed E-state index contributed by atoms with van der Waals surface area (Å²) < 4.78 is 34.2. The Bertz CT molecular complexity index is 3850. The summed E-state index contributed by atoms with van der Waals surface area (Å²) in [5, 5.41) is 32.9. The van der Waals surface area contributed by atoms with Crippen molar-refractivity contribution in [3.8, 4) is 5.75 Å². The van der Waals surface area contributed by atoms with Crippen molar-refractivity contribution < 1.29 is 48.3 Å². The lowest BCUT2D eigenvalue weighted by Gasteiger charge is -2.57. The highest BCUT2D eigenvalue weighted by Gasteiger charge is 2.65. The van der Waals surface area contributed by atoms with Crippen molar-refractivity contribution in [3.63, 3.8) is 0 Å². The van der Waals surface area contributed by atoms with E-state index in [9.17, 15) is 20.1 Å². The molecule has 3 fully saturated rings. The first-order valence-corrected chi connectivity index (χ1v) is 33.0. The minimum Gasteiger partial charge on any atom is -0.482 e. The molecule has 88 heavy (non-hydrogen) atoms. The number of esters is 2. The molecule has 0 amide bonds. The summed E-state index contributed by atoms with van der Waals surface area (Å²) in [4.78, 5) is 46.5. The lowest BCUT2D eigenvalue weighted by Crippen LogP contribution is -2.62. The van der Waals surface area contributed by atoms with Crippen molar-refractivity contribution in [2.75, 3.05) is 26.9 Å². The average Bonchev–Trinajstić information content (AvgIpc) is 0.986. The maximum atomic E-state index is 16.1. The number of benzene rings is 5. The topological polar surface area (TPSA) is 162 Å². The predicted molar refractivity (Wildman–Crippen MR) is 337 cm³/mol. The van der Waals surface area contributed by atoms with Gasteiger partial charge >= 0.3 is 17.6 Å². The third kappa shape index (κ3) is 9.20. The number of allylic oxidation sites excluding steroid dienone is 3. The van der Waals surface area contributed by atoms with Crippen LogP contribution in [0.1, 0.15) is 187 Å². The standard InChI is InChI=1S/C77H82O11/c1-44(41-79)54-29-21-45-19-22-47(23-20-45)55-30-26-49(57-15-8-18-65-60(57)32-28-53-13-7-12-52-27-24-48-11-4-6-17-64(48)77(52,53)65)38-51(55)39-68(81)85-72-70-67(34-33-61-63(42-80)69(75(83)86-71(61)70)50(35-37-78)43-84-2)88-76(73(72)87-74(54)82)36-9-16-59-58-31-25-46-10-3-5-14-56(46)62(58)40-66(59)76/h3-6,8,10-11,14-15,17-20,22-23,25-26,30-31,33-34,49-53,55,58-59,62,66,72-73,78-80H,7,9,12-13,16,21,24,27-29,32,35-43H2,1-2H3/b54-44-/t49-,50-,51+,52+,53+,55+,58-,59+,62-,66-,72-,73+,76+,77+/m1/s1. The summed E-state index contributed by atoms with van der Waals surface area (Å²) in [5.74, 6) is -0.155. The first-order chi connectivity index (χ1) is 43.1. The van der Waals surface area contributed by atoms with Gasteiger partial charge in [-0.1, -0.05) is 122 Å². The highest BCUT2D eigenvalue weighted by Crippen LogP contribution is 2.65. The number of aryl methyl sites for hydroxylation is 2. The highest BCUT2D eigenvalue weighted by molar-refractivity contribution is 5.90. The lowest BCUT2D eigenvalue weighted by molar-refractivity contribution is -0.212. The zero-order valence-electron chi connectivity index (χ0n) is 50.8. The molecular formula is C77H82O11. The zero-order valence-corrected chi connectivity index (χ0v) is 50.8. The van der Waals surface area contributed by atoms with Crippen LogP contribution in [0.3, 0.4) is 0 Å². The summed E-state index contributed by atoms with van der Waals surface area (Å²) in [6, 6.07) is 37.3. The number of hydrogen-bond acceptors (Lipinski definition) is 11. The molecular weight excluding hydrogens is 1100 g/mol. The average molecular weight is 1180 g/mol. The molecule has 0 saturated heterocycles. The molecule has 1 aromatic heterocycles. The van der Waals surface area contributed by atoms with E-state index < -0.39 is 47.9 Å². The van der Waals surface area contributed by atoms with Crippen LogP contribution in [0.25, 0.3) is 17.0 Å². The van der Waals surface area contributed by atoms with Crippen LogP contribution >= 0.6 is 0 Å². The minimum absolute atomic E-state index is 0.0141. The van der Waals surface area contributed by atoms with Gasteiger partial charge in [-0.2, -0.15) is 0 Å². The van der Waals surface area contributed by atoms with Crippen molar-refractivity contribution in [2.45, 2.75) is 163 Å². The Hall–Kier alpha value is -6.89. The van der Waals surface area contributed by atoms with Gasteiger partial charge in [-0.3, -0.25) is 4.79 Å². The normalized spacial score (nSPS) is 31.9. The van der Waals surface area contributed by atoms with Gasteiger partial charge in [0.05, 0.1) is 25.4 Å². The van der Waals surface area contributed by atoms with Crippen molar-refractivity contribution >= 4 is 29.0 Å². The van der Waals surface area contributed by atoms with E-state index in [1.54, 1.807) is 18.6 Å². The number of hydrogen-bond donors (Lipinski definition) is 3. The van der Waals surface area contributed by atoms with Gasteiger partial charge in [0.1, 0.15) is 11.3 Å². The van der Waals surface area contributed by atoms with Crippen molar-refractivity contribution in [1.82, 2.24) is 0 Å². The fourth-order valence-corrected chi connectivity index (χ4v) is 19.9. The number of carbonyl (C=O) groups excluding carboxylic acids is 2. The van der Waals surface area contributed by atoms with Crippen LogP contribution in [0.15, 0.2) is 142 Å². The Morgan fingerprint density at radius 2 is 1.56 bits per heavy atom. The molecule has 6 aromatic rings. The largest absolute Gasteiger partial charge is 0.482 e. The van der Waals surface area contributed by atoms with Gasteiger partial charge in [0.2, 0.25) is 0 Å². The maximum Gasteiger partial charge on any atom is 0.340 e. The highest BCUT2D eigenvalue weighted by atomic mass is 16.6. The molecule has 3 aliphatic heterocycles. The number of carbonyl (C=O) groups is 2. The predicted octanol–water partition coefficient (Wildman–Crippen LogP) is 13.7. The van der Waals surface area contributed by atoms with Crippen LogP contribution < -0.4 is 10.4 Å². The van der Waals surface area contributed by atoms with Gasteiger partial charge in [0.25, 0.3) is 0 Å². The second-order valence-corrected chi connectivity index (χ2v) is 27.5. The summed E-state index contributed by atoms with van der Waals surface area (Å²) >= 11 is 0. The Kier molecular flexibility index (Phi) is 15.1. The smallest absolute Gasteiger partial charge is 0.340 e. The summed E-state index contributed by atoms with van der Waals surface area (Å²) in [7, 11) is 1.53. The third-order valence-corrected chi connectivity index (χ3v) is 23.6. The molecule has 16 rings (SSSR count). The van der Waals surface area contributed by atoms with E-state index in [1.807, 2.05) is 6.07 Å². The Balaban J connectivity index is 0.884. The van der Waals surface area contributed by atoms with Crippen LogP contribution in [0.2, 0.25) is 0 Å². The first kappa shape index (κ1) is 57.5. The molecule has 4 heterocycles. The Labute approximate surface area is 515 Å². The number of aliphatic hydroxyl groups is 3. The van der Waals surface area contributed by atoms with E-state index in [-0.39, 0.29) is 103 Å². The SMILES string of the molecule is COC[C@@H](CCO)c1c(CO)c2ccc3c(c2oc1=O)[C@H]1OC(=O)C[C@@H]2C[C@H](c4cccc5c4CC[C@@H]4CCC[C@H]6CCc7ccccc7[C@]564)C=C[C@H]2c2ccc(cc2)CC/C(=C(\C)CO)C(=O)O[C@@H]1[C@@]1(CCC[C@H]2[C@H]4C=Cc5ccccc5[C@H]4C[C@H]21)O3. The molecule has 14 atom stereocenters. The third-order valence-electron chi connectivity index (χ3n) is 23.6. The number of aliphatic hydroxyl groups excluding tert-OH is 3. The van der Waals surface area contributed by atoms with Crippen LogP contribution in [0.4, 0.5) is 0 Å². The maximum absolute atomic E-state index is 16.1. The molecule has 11 nitrogen and oxygen atoms in total. The van der Waals surface area contributed by atoms with Gasteiger partial charge in [0, 0.05) is 65.7 Å². The fourth-order valence-electron chi connectivity index (χ4n) is 19.9. The van der Waals surface area contributed by atoms with Crippen molar-refractivity contribution in [1.29, 1.82) is 0 Å². The van der Waals surface area contributed by atoms with E-state index in [2.05, 4.69) is 115 Å². The van der Waals surface area contributed by atoms with Crippen molar-refractivity contribution in [2.24, 2.45) is 35.5 Å². The molecule has 3 saturated carbocycles. The molecule has 2 spiro atoms. The number of methoxy groups -OCH3 is 1. The molecule has 456 valence electrons. The van der Waals surface area contributed by atoms with E-state index in [4.69, 9.17) is 23.4 Å². The van der Waals surface area contributed by atoms with Crippen LogP contribution in [0.5, 0.6) is 5.75 Å². The van der Waals surface area contributed by atoms with Gasteiger partial charge in [-0.05, 0) is 206 Å². The summed E-state index contributed by atoms with van der Waals surface area (Å²) in [6.45, 7) is 0.723. The monoisotopic (exact) mass is 1180 g/mol. The molecule has 5 aromatic carbocycles. The molecule has 7 aliphatic carbocycles. The van der Waals surface area contributed by atoms with E-state index in [0.29, 0.717) is 58.9 Å². The minimum atomic E-state index is -1.34. The van der Waals surface area contributed by atoms with E-state index in [1.165, 1.54) is 66.2 Å². The number of fused-ring (bicyclic) bond motifs is 19. The van der Waals surface area contributed by atoms with Gasteiger partial charge < -0.3 is 38.7 Å². The second-order valence-electron chi connectivity index (χ2n) is 27.5. The molecule has 11 heteroatoms. The van der Waals surface area contributed by atoms with Crippen LogP contribution in [0, 0.1) is 35.5 Å². The Morgan fingerprint density at radius 3 is 2.38 bits per heavy atom. The molecule has 2 bridgehead atoms. The summed E-state index contributed by atoms with van der Waals surface area (Å²) in [6.07, 6.45) is 19.7. The zero-order chi connectivity index (χ0) is 60.0. The second kappa shape index (κ2) is 23.2. The molecule has 0 unspecified atom stereocenters. The lowest BCUT2D eigenvalue weighted by atomic mass is 9.46. The fraction of sp³-hybridized carbons (Fsp3) is 0.468. The number of rotatable bonds is 8. The first-order valence-electron chi connectivity index (χ1n) is 33.0. The molecule has 3 N–H and O–H groups in total. The number of ether oxygens (including phenoxy) is 4. The molecule has 0 radical (unpaired) electrons. The van der Waals surface area contributed by atoms with Gasteiger partial charge in [-0.25, -0.2) is 9.59 Å². The van der Waals surface area contributed by atoms with Gasteiger partial charge in [-0.15, -0.1) is 0 Å². The summed E-state index contributed by atoms with van der Waals surface area (Å²) in [5.41, 5.74) is 11.7. The van der Waals surface area contributed by atoms with E-state index in [0.717, 1.165) is 49.7 Å². The van der Waals surface area contributed by atoms with Crippen LogP contribution in [-0.2, 0) is 55.1 Å². The van der Waals surface area contributed by atoms with Crippen molar-refractivity contribution in [3.05, 3.63) is 210 Å².